The first kappa shape index (κ1) is 13.7. The van der Waals surface area contributed by atoms with E-state index >= 15 is 0 Å². The van der Waals surface area contributed by atoms with Gasteiger partial charge in [0.25, 0.3) is 0 Å². The first-order chi connectivity index (χ1) is 9.06. The highest BCUT2D eigenvalue weighted by atomic mass is 16.5. The van der Waals surface area contributed by atoms with Gasteiger partial charge in [0.2, 0.25) is 0 Å². The van der Waals surface area contributed by atoms with E-state index in [1.807, 2.05) is 6.07 Å². The topological polar surface area (TPSA) is 49.7 Å². The van der Waals surface area contributed by atoms with E-state index in [-0.39, 0.29) is 0 Å². The normalized spacial score (nSPS) is 10.3. The minimum absolute atomic E-state index is 0.457. The van der Waals surface area contributed by atoms with Gasteiger partial charge in [-0.15, -0.1) is 0 Å². The van der Waals surface area contributed by atoms with Crippen molar-refractivity contribution >= 4 is 12.6 Å². The molecule has 19 heavy (non-hydrogen) atoms. The third-order valence-electron chi connectivity index (χ3n) is 3.16. The predicted molar refractivity (Wildman–Crippen MR) is 76.5 cm³/mol. The molecule has 0 radical (unpaired) electrons. The zero-order valence-electron chi connectivity index (χ0n) is 11.1. The van der Waals surface area contributed by atoms with Crippen molar-refractivity contribution in [2.24, 2.45) is 0 Å². The van der Waals surface area contributed by atoms with Crippen LogP contribution in [0.1, 0.15) is 16.7 Å². The van der Waals surface area contributed by atoms with E-state index < -0.39 is 7.12 Å². The third-order valence-corrected chi connectivity index (χ3v) is 3.16. The Labute approximate surface area is 113 Å². The minimum Gasteiger partial charge on any atom is -0.489 e. The van der Waals surface area contributed by atoms with Gasteiger partial charge in [0.1, 0.15) is 12.4 Å². The quantitative estimate of drug-likeness (QED) is 0.816. The molecule has 0 heterocycles. The fraction of sp³-hybridized carbons (Fsp3) is 0.200. The highest BCUT2D eigenvalue weighted by molar-refractivity contribution is 6.58. The van der Waals surface area contributed by atoms with Crippen LogP contribution in [0.2, 0.25) is 0 Å². The van der Waals surface area contributed by atoms with Gasteiger partial charge in [-0.25, -0.2) is 0 Å². The first-order valence-electron chi connectivity index (χ1n) is 6.21. The summed E-state index contributed by atoms with van der Waals surface area (Å²) < 4.78 is 5.66. The molecule has 2 N–H and O–H groups in total. The molecule has 0 unspecified atom stereocenters. The average Bonchev–Trinajstić information content (AvgIpc) is 2.40. The largest absolute Gasteiger partial charge is 0.489 e. The molecule has 0 saturated carbocycles. The Morgan fingerprint density at radius 1 is 0.947 bits per heavy atom. The number of hydrogen-bond acceptors (Lipinski definition) is 3. The van der Waals surface area contributed by atoms with Gasteiger partial charge < -0.3 is 14.8 Å². The van der Waals surface area contributed by atoms with Crippen molar-refractivity contribution in [1.29, 1.82) is 0 Å². The highest BCUT2D eigenvalue weighted by Crippen LogP contribution is 2.14. The lowest BCUT2D eigenvalue weighted by Gasteiger charge is -2.09. The molecule has 0 amide bonds. The van der Waals surface area contributed by atoms with Crippen molar-refractivity contribution in [1.82, 2.24) is 0 Å². The molecule has 0 aliphatic rings. The molecule has 98 valence electrons. The first-order valence-corrected chi connectivity index (χ1v) is 6.21. The molecule has 0 aliphatic heterocycles. The predicted octanol–water partition coefficient (Wildman–Crippen LogP) is 1.56. The van der Waals surface area contributed by atoms with Crippen LogP contribution in [-0.2, 0) is 6.61 Å². The molecule has 3 nitrogen and oxygen atoms in total. The van der Waals surface area contributed by atoms with Crippen LogP contribution in [0.5, 0.6) is 5.75 Å². The average molecular weight is 256 g/mol. The summed E-state index contributed by atoms with van der Waals surface area (Å²) in [5.74, 6) is 0.711. The lowest BCUT2D eigenvalue weighted by Crippen LogP contribution is -2.29. The van der Waals surface area contributed by atoms with Crippen LogP contribution < -0.4 is 10.2 Å². The van der Waals surface area contributed by atoms with E-state index in [1.165, 1.54) is 11.1 Å². The maximum Gasteiger partial charge on any atom is 0.488 e. The van der Waals surface area contributed by atoms with Crippen LogP contribution in [0.3, 0.4) is 0 Å². The monoisotopic (exact) mass is 256 g/mol. The maximum absolute atomic E-state index is 8.99. The summed E-state index contributed by atoms with van der Waals surface area (Å²) in [4.78, 5) is 0. The van der Waals surface area contributed by atoms with Crippen molar-refractivity contribution in [3.8, 4) is 5.75 Å². The molecule has 4 heteroatoms. The minimum atomic E-state index is -1.44. The summed E-state index contributed by atoms with van der Waals surface area (Å²) in [6.07, 6.45) is 0. The zero-order chi connectivity index (χ0) is 13.8. The van der Waals surface area contributed by atoms with Gasteiger partial charge in [0.05, 0.1) is 0 Å². The van der Waals surface area contributed by atoms with Gasteiger partial charge >= 0.3 is 7.12 Å². The van der Waals surface area contributed by atoms with Gasteiger partial charge in [-0.05, 0) is 48.1 Å². The van der Waals surface area contributed by atoms with Crippen molar-refractivity contribution < 1.29 is 14.8 Å². The third kappa shape index (κ3) is 3.59. The Morgan fingerprint density at radius 3 is 2.21 bits per heavy atom. The van der Waals surface area contributed by atoms with Crippen LogP contribution in [0.25, 0.3) is 0 Å². The molecule has 2 aromatic carbocycles. The summed E-state index contributed by atoms with van der Waals surface area (Å²) in [7, 11) is -1.44. The van der Waals surface area contributed by atoms with E-state index in [1.54, 1.807) is 24.3 Å². The standard InChI is InChI=1S/C15H17BO3/c1-11-3-4-13(9-12(11)2)10-19-15-7-5-14(6-8-15)16(17)18/h3-9,17-18H,10H2,1-2H3. The summed E-state index contributed by atoms with van der Waals surface area (Å²) >= 11 is 0. The number of ether oxygens (including phenoxy) is 1. The van der Waals surface area contributed by atoms with E-state index in [2.05, 4.69) is 26.0 Å². The number of hydrogen-bond donors (Lipinski definition) is 2. The fourth-order valence-electron chi connectivity index (χ4n) is 1.80. The van der Waals surface area contributed by atoms with Crippen molar-refractivity contribution in [2.75, 3.05) is 0 Å². The molecular formula is C15H17BO3. The van der Waals surface area contributed by atoms with Gasteiger partial charge in [0.15, 0.2) is 0 Å². The Hall–Kier alpha value is -1.78. The number of benzene rings is 2. The second kappa shape index (κ2) is 5.91. The van der Waals surface area contributed by atoms with Gasteiger partial charge in [0, 0.05) is 0 Å². The van der Waals surface area contributed by atoms with E-state index in [0.29, 0.717) is 17.8 Å². The highest BCUT2D eigenvalue weighted by Gasteiger charge is 2.09. The van der Waals surface area contributed by atoms with Crippen LogP contribution in [0, 0.1) is 13.8 Å². The molecule has 0 saturated heterocycles. The van der Waals surface area contributed by atoms with Crippen LogP contribution in [-0.4, -0.2) is 17.2 Å². The number of aryl methyl sites for hydroxylation is 2. The summed E-state index contributed by atoms with van der Waals surface area (Å²) in [6, 6.07) is 13.0. The van der Waals surface area contributed by atoms with Crippen LogP contribution >= 0.6 is 0 Å². The van der Waals surface area contributed by atoms with Crippen molar-refractivity contribution in [2.45, 2.75) is 20.5 Å². The van der Waals surface area contributed by atoms with Crippen LogP contribution in [0.15, 0.2) is 42.5 Å². The summed E-state index contributed by atoms with van der Waals surface area (Å²) in [5.41, 5.74) is 4.10. The van der Waals surface area contributed by atoms with E-state index in [9.17, 15) is 0 Å². The Balaban J connectivity index is 2.00. The lowest BCUT2D eigenvalue weighted by molar-refractivity contribution is 0.306. The van der Waals surface area contributed by atoms with Crippen molar-refractivity contribution in [3.63, 3.8) is 0 Å². The van der Waals surface area contributed by atoms with E-state index in [4.69, 9.17) is 14.8 Å². The van der Waals surface area contributed by atoms with Gasteiger partial charge in [-0.2, -0.15) is 0 Å². The number of rotatable bonds is 4. The SMILES string of the molecule is Cc1ccc(COc2ccc(B(O)O)cc2)cc1C. The molecule has 0 aliphatic carbocycles. The lowest BCUT2D eigenvalue weighted by atomic mass is 9.80. The van der Waals surface area contributed by atoms with Gasteiger partial charge in [-0.1, -0.05) is 30.3 Å². The van der Waals surface area contributed by atoms with Crippen molar-refractivity contribution in [3.05, 3.63) is 59.2 Å². The molecule has 2 aromatic rings. The second-order valence-corrected chi connectivity index (χ2v) is 4.65. The Kier molecular flexibility index (Phi) is 4.25. The Bertz CT molecular complexity index is 550. The molecular weight excluding hydrogens is 239 g/mol. The second-order valence-electron chi connectivity index (χ2n) is 4.65. The molecule has 0 aromatic heterocycles. The fourth-order valence-corrected chi connectivity index (χ4v) is 1.80. The smallest absolute Gasteiger partial charge is 0.488 e. The zero-order valence-corrected chi connectivity index (χ0v) is 11.1. The summed E-state index contributed by atoms with van der Waals surface area (Å²) in [6.45, 7) is 4.66. The van der Waals surface area contributed by atoms with Gasteiger partial charge in [-0.3, -0.25) is 0 Å². The van der Waals surface area contributed by atoms with E-state index in [0.717, 1.165) is 5.56 Å². The molecule has 0 spiro atoms. The Morgan fingerprint density at radius 2 is 1.63 bits per heavy atom. The molecule has 0 bridgehead atoms. The molecule has 2 rings (SSSR count). The summed E-state index contributed by atoms with van der Waals surface area (Å²) in [5, 5.41) is 18.0. The maximum atomic E-state index is 8.99. The van der Waals surface area contributed by atoms with Crippen LogP contribution in [0.4, 0.5) is 0 Å². The molecule has 0 fully saturated rings. The molecule has 0 atom stereocenters.